The Labute approximate surface area is 104 Å². The monoisotopic (exact) mass is 247 g/mol. The van der Waals surface area contributed by atoms with Crippen molar-refractivity contribution >= 4 is 11.8 Å². The maximum atomic E-state index is 5.09. The molecule has 0 unspecified atom stereocenters. The predicted molar refractivity (Wildman–Crippen MR) is 68.2 cm³/mol. The molecular weight excluding hydrogens is 234 g/mol. The Morgan fingerprint density at radius 1 is 1.29 bits per heavy atom. The number of thioether (sulfide) groups is 1. The topological polar surface area (TPSA) is 47.9 Å². The number of pyridine rings is 1. The van der Waals surface area contributed by atoms with E-state index in [0.29, 0.717) is 5.88 Å². The van der Waals surface area contributed by atoms with Crippen LogP contribution >= 0.6 is 11.8 Å². The highest BCUT2D eigenvalue weighted by molar-refractivity contribution is 7.99. The van der Waals surface area contributed by atoms with Crippen LogP contribution in [0.5, 0.6) is 5.88 Å². The Bertz CT molecular complexity index is 505. The third-order valence-corrected chi connectivity index (χ3v) is 3.09. The maximum Gasteiger partial charge on any atom is 0.216 e. The van der Waals surface area contributed by atoms with Gasteiger partial charge in [0.15, 0.2) is 0 Å². The van der Waals surface area contributed by atoms with Crippen LogP contribution in [0.2, 0.25) is 0 Å². The quantitative estimate of drug-likeness (QED) is 0.777. The fourth-order valence-corrected chi connectivity index (χ4v) is 2.22. The second-order valence-corrected chi connectivity index (χ2v) is 4.53. The molecule has 0 spiro atoms. The normalized spacial score (nSPS) is 10.2. The van der Waals surface area contributed by atoms with Gasteiger partial charge in [0.1, 0.15) is 12.0 Å². The number of nitrogens with zero attached hydrogens (tertiary/aromatic N) is 3. The molecule has 0 saturated heterocycles. The molecule has 0 radical (unpaired) electrons. The molecule has 0 atom stereocenters. The molecule has 0 fully saturated rings. The maximum absolute atomic E-state index is 5.09. The van der Waals surface area contributed by atoms with Crippen LogP contribution in [0.4, 0.5) is 0 Å². The van der Waals surface area contributed by atoms with Crippen LogP contribution in [0.15, 0.2) is 35.6 Å². The van der Waals surface area contributed by atoms with E-state index in [9.17, 15) is 0 Å². The van der Waals surface area contributed by atoms with Crippen LogP contribution in [-0.4, -0.2) is 27.8 Å². The largest absolute Gasteiger partial charge is 0.481 e. The molecular formula is C12H13N3OS. The first kappa shape index (κ1) is 11.9. The van der Waals surface area contributed by atoms with E-state index in [0.717, 1.165) is 22.0 Å². The molecule has 17 heavy (non-hydrogen) atoms. The molecule has 2 heterocycles. The van der Waals surface area contributed by atoms with E-state index in [4.69, 9.17) is 4.74 Å². The van der Waals surface area contributed by atoms with Crippen molar-refractivity contribution in [1.29, 1.82) is 0 Å². The molecule has 0 bridgehead atoms. The van der Waals surface area contributed by atoms with Crippen LogP contribution in [0.1, 0.15) is 6.92 Å². The standard InChI is InChI=1S/C12H13N3OS/c1-3-17-10-5-4-6-13-12(10)9-7-11(16-2)15-8-14-9/h4-8H,3H2,1-2H3. The first-order valence-corrected chi connectivity index (χ1v) is 6.28. The summed E-state index contributed by atoms with van der Waals surface area (Å²) in [7, 11) is 1.59. The number of aromatic nitrogens is 3. The van der Waals surface area contributed by atoms with Gasteiger partial charge >= 0.3 is 0 Å². The van der Waals surface area contributed by atoms with Crippen molar-refractivity contribution in [2.24, 2.45) is 0 Å². The Morgan fingerprint density at radius 3 is 2.94 bits per heavy atom. The van der Waals surface area contributed by atoms with Crippen LogP contribution in [0.25, 0.3) is 11.4 Å². The number of methoxy groups -OCH3 is 1. The lowest BCUT2D eigenvalue weighted by Gasteiger charge is -2.06. The summed E-state index contributed by atoms with van der Waals surface area (Å²) in [6.07, 6.45) is 3.26. The Kier molecular flexibility index (Phi) is 3.93. The van der Waals surface area contributed by atoms with E-state index < -0.39 is 0 Å². The van der Waals surface area contributed by atoms with Crippen molar-refractivity contribution in [2.75, 3.05) is 12.9 Å². The molecule has 88 valence electrons. The van der Waals surface area contributed by atoms with Crippen molar-refractivity contribution in [2.45, 2.75) is 11.8 Å². The zero-order valence-corrected chi connectivity index (χ0v) is 10.6. The molecule has 4 nitrogen and oxygen atoms in total. The number of hydrogen-bond donors (Lipinski definition) is 0. The second-order valence-electron chi connectivity index (χ2n) is 3.23. The minimum absolute atomic E-state index is 0.549. The van der Waals surface area contributed by atoms with Crippen LogP contribution in [-0.2, 0) is 0 Å². The van der Waals surface area contributed by atoms with Gasteiger partial charge < -0.3 is 4.74 Å². The molecule has 2 aromatic rings. The Morgan fingerprint density at radius 2 is 2.18 bits per heavy atom. The van der Waals surface area contributed by atoms with Gasteiger partial charge in [0.2, 0.25) is 5.88 Å². The average Bonchev–Trinajstić information content (AvgIpc) is 2.40. The van der Waals surface area contributed by atoms with E-state index >= 15 is 0 Å². The van der Waals surface area contributed by atoms with E-state index in [1.54, 1.807) is 31.1 Å². The Hall–Kier alpha value is -1.62. The molecule has 0 aliphatic carbocycles. The third kappa shape index (κ3) is 2.74. The van der Waals surface area contributed by atoms with Gasteiger partial charge in [-0.1, -0.05) is 6.92 Å². The summed E-state index contributed by atoms with van der Waals surface area (Å²) in [5.74, 6) is 1.55. The number of ether oxygens (including phenoxy) is 1. The van der Waals surface area contributed by atoms with Gasteiger partial charge in [0, 0.05) is 17.2 Å². The minimum atomic E-state index is 0.549. The molecule has 0 amide bonds. The van der Waals surface area contributed by atoms with Crippen LogP contribution in [0, 0.1) is 0 Å². The van der Waals surface area contributed by atoms with Gasteiger partial charge in [-0.25, -0.2) is 9.97 Å². The summed E-state index contributed by atoms with van der Waals surface area (Å²) < 4.78 is 5.09. The lowest BCUT2D eigenvalue weighted by atomic mass is 10.2. The zero-order valence-electron chi connectivity index (χ0n) is 9.75. The molecule has 0 aliphatic rings. The highest BCUT2D eigenvalue weighted by Gasteiger charge is 2.08. The highest BCUT2D eigenvalue weighted by Crippen LogP contribution is 2.28. The molecule has 2 rings (SSSR count). The summed E-state index contributed by atoms with van der Waals surface area (Å²) in [6.45, 7) is 2.11. The van der Waals surface area contributed by atoms with Crippen molar-refractivity contribution in [1.82, 2.24) is 15.0 Å². The van der Waals surface area contributed by atoms with Gasteiger partial charge in [-0.3, -0.25) is 4.98 Å². The van der Waals surface area contributed by atoms with Gasteiger partial charge in [-0.05, 0) is 17.9 Å². The first-order valence-electron chi connectivity index (χ1n) is 5.29. The zero-order chi connectivity index (χ0) is 12.1. The fourth-order valence-electron chi connectivity index (χ4n) is 1.44. The first-order chi connectivity index (χ1) is 8.35. The van der Waals surface area contributed by atoms with Crippen LogP contribution in [0.3, 0.4) is 0 Å². The van der Waals surface area contributed by atoms with Gasteiger partial charge in [-0.15, -0.1) is 11.8 Å². The van der Waals surface area contributed by atoms with Crippen LogP contribution < -0.4 is 4.74 Å². The molecule has 0 aliphatic heterocycles. The summed E-state index contributed by atoms with van der Waals surface area (Å²) >= 11 is 1.75. The SMILES string of the molecule is CCSc1cccnc1-c1cc(OC)ncn1. The molecule has 2 aromatic heterocycles. The van der Waals surface area contributed by atoms with E-state index in [-0.39, 0.29) is 0 Å². The molecule has 0 N–H and O–H groups in total. The fraction of sp³-hybridized carbons (Fsp3) is 0.250. The summed E-state index contributed by atoms with van der Waals surface area (Å²) in [6, 6.07) is 5.77. The molecule has 0 saturated carbocycles. The second kappa shape index (κ2) is 5.63. The van der Waals surface area contributed by atoms with Gasteiger partial charge in [0.25, 0.3) is 0 Å². The lowest BCUT2D eigenvalue weighted by Crippen LogP contribution is -1.94. The van der Waals surface area contributed by atoms with Gasteiger partial charge in [-0.2, -0.15) is 0 Å². The molecule has 5 heteroatoms. The van der Waals surface area contributed by atoms with Crippen molar-refractivity contribution < 1.29 is 4.74 Å². The summed E-state index contributed by atoms with van der Waals surface area (Å²) in [5, 5.41) is 0. The summed E-state index contributed by atoms with van der Waals surface area (Å²) in [4.78, 5) is 13.7. The van der Waals surface area contributed by atoms with Gasteiger partial charge in [0.05, 0.1) is 12.8 Å². The Balaban J connectivity index is 2.44. The van der Waals surface area contributed by atoms with Crippen molar-refractivity contribution in [3.63, 3.8) is 0 Å². The van der Waals surface area contributed by atoms with Crippen molar-refractivity contribution in [3.05, 3.63) is 30.7 Å². The van der Waals surface area contributed by atoms with E-state index in [2.05, 4.69) is 21.9 Å². The lowest BCUT2D eigenvalue weighted by molar-refractivity contribution is 0.397. The van der Waals surface area contributed by atoms with Crippen molar-refractivity contribution in [3.8, 4) is 17.3 Å². The molecule has 0 aromatic carbocycles. The number of hydrogen-bond acceptors (Lipinski definition) is 5. The van der Waals surface area contributed by atoms with E-state index in [1.165, 1.54) is 6.33 Å². The van der Waals surface area contributed by atoms with E-state index in [1.807, 2.05) is 12.1 Å². The highest BCUT2D eigenvalue weighted by atomic mass is 32.2. The summed E-state index contributed by atoms with van der Waals surface area (Å²) in [5.41, 5.74) is 1.66. The number of rotatable bonds is 4. The minimum Gasteiger partial charge on any atom is -0.481 e. The smallest absolute Gasteiger partial charge is 0.216 e. The average molecular weight is 247 g/mol. The predicted octanol–water partition coefficient (Wildman–Crippen LogP) is 2.66. The third-order valence-electron chi connectivity index (χ3n) is 2.16.